The molecule has 0 aliphatic carbocycles. The van der Waals surface area contributed by atoms with Crippen molar-refractivity contribution >= 4 is 21.8 Å². The van der Waals surface area contributed by atoms with Gasteiger partial charge in [-0.15, -0.1) is 0 Å². The van der Waals surface area contributed by atoms with Crippen LogP contribution in [0.2, 0.25) is 0 Å². The van der Waals surface area contributed by atoms with Crippen LogP contribution in [0.1, 0.15) is 6.92 Å². The molecular formula is C10H15N3O7S. The summed E-state index contributed by atoms with van der Waals surface area (Å²) >= 11 is 0. The van der Waals surface area contributed by atoms with Gasteiger partial charge in [0.05, 0.1) is 5.75 Å². The number of aromatic nitrogens is 2. The zero-order valence-electron chi connectivity index (χ0n) is 11.5. The van der Waals surface area contributed by atoms with Gasteiger partial charge in [0.1, 0.15) is 34.9 Å². The number of carbonyl (C=O) groups is 1. The Kier molecular flexibility index (Phi) is 5.79. The third-order valence-electron chi connectivity index (χ3n) is 2.27. The summed E-state index contributed by atoms with van der Waals surface area (Å²) in [5.41, 5.74) is 0. The zero-order valence-corrected chi connectivity index (χ0v) is 12.3. The minimum Gasteiger partial charge on any atom is -0.463 e. The van der Waals surface area contributed by atoms with Crippen molar-refractivity contribution in [2.24, 2.45) is 0 Å². The van der Waals surface area contributed by atoms with Gasteiger partial charge in [0.25, 0.3) is 0 Å². The largest absolute Gasteiger partial charge is 0.463 e. The summed E-state index contributed by atoms with van der Waals surface area (Å²) in [7, 11) is -3.36. The van der Waals surface area contributed by atoms with E-state index in [2.05, 4.69) is 4.98 Å². The van der Waals surface area contributed by atoms with E-state index < -0.39 is 32.8 Å². The summed E-state index contributed by atoms with van der Waals surface area (Å²) in [6.45, 7) is 0.640. The first-order valence-electron chi connectivity index (χ1n) is 5.77. The van der Waals surface area contributed by atoms with Crippen LogP contribution in [0.15, 0.2) is 12.4 Å². The minimum atomic E-state index is -3.36. The summed E-state index contributed by atoms with van der Waals surface area (Å²) < 4.78 is 33.6. The molecule has 0 N–H and O–H groups in total. The molecule has 118 valence electrons. The van der Waals surface area contributed by atoms with E-state index in [9.17, 15) is 23.3 Å². The maximum atomic E-state index is 11.3. The molecule has 0 amide bonds. The van der Waals surface area contributed by atoms with Gasteiger partial charge in [-0.3, -0.25) is 4.79 Å². The molecule has 0 aliphatic rings. The molecule has 0 spiro atoms. The topological polar surface area (TPSA) is 131 Å². The summed E-state index contributed by atoms with van der Waals surface area (Å²) in [6.07, 6.45) is 2.63. The van der Waals surface area contributed by atoms with E-state index in [1.807, 2.05) is 0 Å². The van der Waals surface area contributed by atoms with Crippen molar-refractivity contribution in [2.45, 2.75) is 19.8 Å². The average molecular weight is 321 g/mol. The number of hydrogen-bond acceptors (Lipinski definition) is 8. The molecule has 1 aromatic rings. The molecule has 11 heteroatoms. The van der Waals surface area contributed by atoms with Crippen LogP contribution in [0.25, 0.3) is 0 Å². The van der Waals surface area contributed by atoms with Crippen molar-refractivity contribution in [1.29, 1.82) is 0 Å². The summed E-state index contributed by atoms with van der Waals surface area (Å²) in [6, 6.07) is 0. The predicted molar refractivity (Wildman–Crippen MR) is 70.1 cm³/mol. The lowest BCUT2D eigenvalue weighted by molar-refractivity contribution is -0.397. The van der Waals surface area contributed by atoms with Gasteiger partial charge in [-0.25, -0.2) is 13.0 Å². The van der Waals surface area contributed by atoms with E-state index in [0.29, 0.717) is 0 Å². The molecule has 0 saturated carbocycles. The van der Waals surface area contributed by atoms with Crippen LogP contribution in [0.4, 0.5) is 5.95 Å². The number of nitrogens with zero attached hydrogens (tertiary/aromatic N) is 3. The highest BCUT2D eigenvalue weighted by atomic mass is 32.2. The number of nitro groups is 1. The Bertz CT molecular complexity index is 610. The Balaban J connectivity index is 2.69. The Hall–Kier alpha value is -2.01. The molecule has 0 radical (unpaired) electrons. The van der Waals surface area contributed by atoms with Crippen molar-refractivity contribution in [3.8, 4) is 0 Å². The molecule has 0 fully saturated rings. The summed E-state index contributed by atoms with van der Waals surface area (Å²) in [4.78, 5) is 24.3. The standard InChI is InChI=1S/C10H15N3O7S/c1-8(14)19-5-9(6-21(2,17)18)20-7-12-4-3-11-10(12)13(15)16/h3-4,9H,5-7H2,1-2H3. The zero-order chi connectivity index (χ0) is 16.0. The van der Waals surface area contributed by atoms with Gasteiger partial charge in [-0.05, 0) is 4.92 Å². The second-order valence-corrected chi connectivity index (χ2v) is 6.45. The molecule has 1 rings (SSSR count). The van der Waals surface area contributed by atoms with Gasteiger partial charge in [-0.1, -0.05) is 4.98 Å². The highest BCUT2D eigenvalue weighted by molar-refractivity contribution is 7.90. The van der Waals surface area contributed by atoms with Gasteiger partial charge >= 0.3 is 11.9 Å². The van der Waals surface area contributed by atoms with Crippen LogP contribution in [0.5, 0.6) is 0 Å². The number of carbonyl (C=O) groups excluding carboxylic acids is 1. The van der Waals surface area contributed by atoms with E-state index in [-0.39, 0.29) is 19.1 Å². The first-order chi connectivity index (χ1) is 9.69. The van der Waals surface area contributed by atoms with Gasteiger partial charge in [0.15, 0.2) is 6.73 Å². The van der Waals surface area contributed by atoms with E-state index in [0.717, 1.165) is 10.8 Å². The molecule has 1 unspecified atom stereocenters. The van der Waals surface area contributed by atoms with Crippen molar-refractivity contribution in [3.63, 3.8) is 0 Å². The fourth-order valence-electron chi connectivity index (χ4n) is 1.45. The number of esters is 1. The molecule has 21 heavy (non-hydrogen) atoms. The van der Waals surface area contributed by atoms with E-state index in [1.165, 1.54) is 19.3 Å². The first-order valence-corrected chi connectivity index (χ1v) is 7.83. The maximum Gasteiger partial charge on any atom is 0.436 e. The van der Waals surface area contributed by atoms with Crippen LogP contribution < -0.4 is 0 Å². The van der Waals surface area contributed by atoms with Crippen molar-refractivity contribution in [3.05, 3.63) is 22.5 Å². The molecule has 1 heterocycles. The molecule has 0 saturated heterocycles. The fourth-order valence-corrected chi connectivity index (χ4v) is 2.32. The van der Waals surface area contributed by atoms with Crippen LogP contribution in [0, 0.1) is 10.1 Å². The molecule has 1 aromatic heterocycles. The first kappa shape index (κ1) is 17.0. The molecule has 1 atom stereocenters. The summed E-state index contributed by atoms with van der Waals surface area (Å²) in [5, 5.41) is 10.7. The van der Waals surface area contributed by atoms with E-state index in [4.69, 9.17) is 9.47 Å². The quantitative estimate of drug-likeness (QED) is 0.363. The number of ether oxygens (including phenoxy) is 2. The highest BCUT2D eigenvalue weighted by Gasteiger charge is 2.20. The second-order valence-electron chi connectivity index (χ2n) is 4.27. The molecular weight excluding hydrogens is 306 g/mol. The molecule has 10 nitrogen and oxygen atoms in total. The SMILES string of the molecule is CC(=O)OCC(CS(C)(=O)=O)OCn1ccnc1[N+](=O)[O-]. The Labute approximate surface area is 120 Å². The maximum absolute atomic E-state index is 11.3. The van der Waals surface area contributed by atoms with Crippen molar-refractivity contribution < 1.29 is 27.6 Å². The lowest BCUT2D eigenvalue weighted by Gasteiger charge is -2.16. The predicted octanol–water partition coefficient (Wildman–Crippen LogP) is -0.258. The third-order valence-corrected chi connectivity index (χ3v) is 3.24. The van der Waals surface area contributed by atoms with E-state index in [1.54, 1.807) is 0 Å². The average Bonchev–Trinajstić information content (AvgIpc) is 2.79. The smallest absolute Gasteiger partial charge is 0.436 e. The monoisotopic (exact) mass is 321 g/mol. The van der Waals surface area contributed by atoms with Crippen LogP contribution in [-0.2, 0) is 30.8 Å². The lowest BCUT2D eigenvalue weighted by atomic mass is 10.4. The fraction of sp³-hybridized carbons (Fsp3) is 0.600. The summed E-state index contributed by atoms with van der Waals surface area (Å²) in [5.74, 6) is -1.38. The van der Waals surface area contributed by atoms with Gasteiger partial charge < -0.3 is 19.6 Å². The Morgan fingerprint density at radius 2 is 2.24 bits per heavy atom. The minimum absolute atomic E-state index is 0.259. The highest BCUT2D eigenvalue weighted by Crippen LogP contribution is 2.09. The third kappa shape index (κ3) is 6.31. The van der Waals surface area contributed by atoms with E-state index >= 15 is 0 Å². The van der Waals surface area contributed by atoms with Crippen molar-refractivity contribution in [1.82, 2.24) is 9.55 Å². The van der Waals surface area contributed by atoms with Crippen LogP contribution in [-0.4, -0.2) is 53.6 Å². The number of hydrogen-bond donors (Lipinski definition) is 0. The second kappa shape index (κ2) is 7.13. The van der Waals surface area contributed by atoms with Gasteiger partial charge in [0, 0.05) is 13.2 Å². The number of sulfone groups is 1. The normalized spacial score (nSPS) is 12.9. The number of imidazole rings is 1. The van der Waals surface area contributed by atoms with Gasteiger partial charge in [-0.2, -0.15) is 0 Å². The number of rotatable bonds is 8. The Morgan fingerprint density at radius 3 is 2.76 bits per heavy atom. The lowest BCUT2D eigenvalue weighted by Crippen LogP contribution is -2.30. The van der Waals surface area contributed by atoms with Crippen LogP contribution >= 0.6 is 0 Å². The van der Waals surface area contributed by atoms with Gasteiger partial charge in [0.2, 0.25) is 0 Å². The van der Waals surface area contributed by atoms with Crippen LogP contribution in [0.3, 0.4) is 0 Å². The molecule has 0 aliphatic heterocycles. The van der Waals surface area contributed by atoms with Crippen molar-refractivity contribution in [2.75, 3.05) is 18.6 Å². The molecule has 0 bridgehead atoms. The Morgan fingerprint density at radius 1 is 1.57 bits per heavy atom. The molecule has 0 aromatic carbocycles.